The van der Waals surface area contributed by atoms with E-state index in [-0.39, 0.29) is 6.54 Å². The minimum atomic E-state index is -4.79. The van der Waals surface area contributed by atoms with Crippen LogP contribution >= 0.6 is 22.6 Å². The minimum absolute atomic E-state index is 0.0235. The zero-order valence-corrected chi connectivity index (χ0v) is 10.1. The lowest BCUT2D eigenvalue weighted by molar-refractivity contribution is -0.173. The van der Waals surface area contributed by atoms with E-state index >= 15 is 0 Å². The largest absolute Gasteiger partial charge is 0.471 e. The van der Waals surface area contributed by atoms with Gasteiger partial charge in [0.25, 0.3) is 0 Å². The molecule has 0 aliphatic carbocycles. The van der Waals surface area contributed by atoms with Crippen LogP contribution in [0.5, 0.6) is 0 Å². The summed E-state index contributed by atoms with van der Waals surface area (Å²) in [5.74, 6) is -1.89. The van der Waals surface area contributed by atoms with Crippen molar-refractivity contribution in [3.05, 3.63) is 0 Å². The number of rotatable bonds is 6. The van der Waals surface area contributed by atoms with Gasteiger partial charge >= 0.3 is 12.1 Å². The van der Waals surface area contributed by atoms with Crippen LogP contribution in [0.2, 0.25) is 0 Å². The number of halogens is 4. The molecule has 1 atom stereocenters. The zero-order valence-electron chi connectivity index (χ0n) is 7.98. The van der Waals surface area contributed by atoms with Crippen LogP contribution in [0, 0.1) is 0 Å². The highest BCUT2D eigenvalue weighted by Crippen LogP contribution is 2.14. The molecule has 0 saturated heterocycles. The molecular formula is C8H13F3INO2. The number of carbonyl (C=O) groups is 1. The second kappa shape index (κ2) is 7.26. The molecule has 0 radical (unpaired) electrons. The second-order valence-corrected chi connectivity index (χ2v) is 4.48. The van der Waals surface area contributed by atoms with Crippen molar-refractivity contribution in [1.29, 1.82) is 0 Å². The van der Waals surface area contributed by atoms with Gasteiger partial charge in [0.05, 0.1) is 0 Å². The Hall–Kier alpha value is -0.0500. The summed E-state index contributed by atoms with van der Waals surface area (Å²) in [6.07, 6.45) is -2.25. The molecule has 15 heavy (non-hydrogen) atoms. The number of nitrogens with one attached hydrogen (secondary N) is 1. The molecule has 0 aliphatic heterocycles. The molecule has 0 aliphatic rings. The second-order valence-electron chi connectivity index (χ2n) is 3.04. The fraction of sp³-hybridized carbons (Fsp3) is 0.875. The number of amides is 1. The fourth-order valence-electron chi connectivity index (χ4n) is 0.917. The van der Waals surface area contributed by atoms with Gasteiger partial charge in [0, 0.05) is 6.54 Å². The van der Waals surface area contributed by atoms with Crippen molar-refractivity contribution in [2.24, 2.45) is 0 Å². The Morgan fingerprint density at radius 1 is 1.33 bits per heavy atom. The molecule has 1 unspecified atom stereocenters. The molecule has 0 aromatic rings. The molecule has 0 aromatic heterocycles. The Balaban J connectivity index is 3.36. The van der Waals surface area contributed by atoms with Crippen LogP contribution in [-0.2, 0) is 4.79 Å². The normalized spacial score (nSPS) is 13.7. The predicted molar refractivity (Wildman–Crippen MR) is 57.6 cm³/mol. The Labute approximate surface area is 99.6 Å². The van der Waals surface area contributed by atoms with E-state index in [1.807, 2.05) is 22.6 Å². The maximum atomic E-state index is 11.7. The van der Waals surface area contributed by atoms with Gasteiger partial charge in [-0.25, -0.2) is 0 Å². The van der Waals surface area contributed by atoms with Crippen LogP contribution < -0.4 is 5.32 Å². The summed E-state index contributed by atoms with van der Waals surface area (Å²) in [7, 11) is 0. The molecule has 0 fully saturated rings. The van der Waals surface area contributed by atoms with E-state index < -0.39 is 16.2 Å². The first-order valence-corrected chi connectivity index (χ1v) is 5.75. The van der Waals surface area contributed by atoms with Gasteiger partial charge < -0.3 is 10.4 Å². The van der Waals surface area contributed by atoms with Gasteiger partial charge in [0.1, 0.15) is 4.11 Å². The number of aliphatic hydroxyl groups is 1. The van der Waals surface area contributed by atoms with Crippen molar-refractivity contribution < 1.29 is 23.1 Å². The molecule has 7 heteroatoms. The summed E-state index contributed by atoms with van der Waals surface area (Å²) in [5.41, 5.74) is 0. The summed E-state index contributed by atoms with van der Waals surface area (Å²) < 4.78 is 34.6. The van der Waals surface area contributed by atoms with E-state index in [2.05, 4.69) is 0 Å². The van der Waals surface area contributed by atoms with E-state index in [4.69, 9.17) is 5.11 Å². The number of hydrogen-bond donors (Lipinski definition) is 2. The number of carbonyl (C=O) groups excluding carboxylic acids is 1. The van der Waals surface area contributed by atoms with Crippen LogP contribution in [0.1, 0.15) is 25.7 Å². The van der Waals surface area contributed by atoms with Crippen LogP contribution in [-0.4, -0.2) is 27.8 Å². The third kappa shape index (κ3) is 8.91. The Bertz CT molecular complexity index is 197. The molecule has 0 rings (SSSR count). The minimum Gasteiger partial charge on any atom is -0.383 e. The van der Waals surface area contributed by atoms with Gasteiger partial charge in [-0.05, 0) is 12.8 Å². The Morgan fingerprint density at radius 2 is 1.93 bits per heavy atom. The van der Waals surface area contributed by atoms with E-state index in [0.29, 0.717) is 19.3 Å². The van der Waals surface area contributed by atoms with Crippen molar-refractivity contribution in [1.82, 2.24) is 5.32 Å². The summed E-state index contributed by atoms with van der Waals surface area (Å²) in [4.78, 5) is 10.3. The number of aliphatic hydroxyl groups excluding tert-OH is 1. The first-order chi connectivity index (χ1) is 6.84. The first-order valence-electron chi connectivity index (χ1n) is 4.51. The molecule has 3 nitrogen and oxygen atoms in total. The van der Waals surface area contributed by atoms with Gasteiger partial charge in [-0.3, -0.25) is 4.79 Å². The maximum Gasteiger partial charge on any atom is 0.471 e. The van der Waals surface area contributed by atoms with E-state index in [1.165, 1.54) is 0 Å². The fourth-order valence-corrected chi connectivity index (χ4v) is 1.36. The molecule has 0 saturated carbocycles. The molecule has 2 N–H and O–H groups in total. The number of unbranched alkanes of at least 4 members (excludes halogenated alkanes) is 2. The third-order valence-corrected chi connectivity index (χ3v) is 2.28. The third-order valence-electron chi connectivity index (χ3n) is 1.66. The highest BCUT2D eigenvalue weighted by atomic mass is 127. The van der Waals surface area contributed by atoms with E-state index in [1.54, 1.807) is 5.32 Å². The predicted octanol–water partition coefficient (Wildman–Crippen LogP) is 1.98. The zero-order chi connectivity index (χ0) is 11.9. The van der Waals surface area contributed by atoms with Gasteiger partial charge in [-0.15, -0.1) is 0 Å². The summed E-state index contributed by atoms with van der Waals surface area (Å²) in [6.45, 7) is 0.0235. The van der Waals surface area contributed by atoms with Crippen LogP contribution in [0.3, 0.4) is 0 Å². The highest BCUT2D eigenvalue weighted by Gasteiger charge is 2.38. The average molecular weight is 339 g/mol. The van der Waals surface area contributed by atoms with Crippen molar-refractivity contribution in [2.75, 3.05) is 6.54 Å². The summed E-state index contributed by atoms with van der Waals surface area (Å²) in [5, 5.41) is 10.7. The average Bonchev–Trinajstić information content (AvgIpc) is 2.08. The quantitative estimate of drug-likeness (QED) is 0.442. The molecule has 0 aromatic carbocycles. The molecule has 1 amide bonds. The smallest absolute Gasteiger partial charge is 0.383 e. The summed E-state index contributed by atoms with van der Waals surface area (Å²) >= 11 is 1.86. The molecule has 0 heterocycles. The Kier molecular flexibility index (Phi) is 7.24. The topological polar surface area (TPSA) is 49.3 Å². The number of hydrogen-bond acceptors (Lipinski definition) is 2. The van der Waals surface area contributed by atoms with Crippen molar-refractivity contribution in [3.63, 3.8) is 0 Å². The molecule has 90 valence electrons. The van der Waals surface area contributed by atoms with E-state index in [9.17, 15) is 18.0 Å². The molecule has 0 spiro atoms. The molecule has 0 bridgehead atoms. The maximum absolute atomic E-state index is 11.7. The van der Waals surface area contributed by atoms with Gasteiger partial charge in [-0.2, -0.15) is 13.2 Å². The van der Waals surface area contributed by atoms with Crippen LogP contribution in [0.15, 0.2) is 0 Å². The van der Waals surface area contributed by atoms with E-state index in [0.717, 1.165) is 6.42 Å². The van der Waals surface area contributed by atoms with Crippen LogP contribution in [0.25, 0.3) is 0 Å². The van der Waals surface area contributed by atoms with Crippen molar-refractivity contribution >= 4 is 28.5 Å². The molecular weight excluding hydrogens is 326 g/mol. The number of alkyl halides is 4. The van der Waals surface area contributed by atoms with Gasteiger partial charge in [0.15, 0.2) is 0 Å². The summed E-state index contributed by atoms with van der Waals surface area (Å²) in [6, 6.07) is 0. The van der Waals surface area contributed by atoms with Crippen molar-refractivity contribution in [3.8, 4) is 0 Å². The van der Waals surface area contributed by atoms with Crippen LogP contribution in [0.4, 0.5) is 13.2 Å². The lowest BCUT2D eigenvalue weighted by Crippen LogP contribution is -2.37. The Morgan fingerprint density at radius 3 is 2.40 bits per heavy atom. The van der Waals surface area contributed by atoms with Gasteiger partial charge in [-0.1, -0.05) is 35.4 Å². The first kappa shape index (κ1) is 14.9. The van der Waals surface area contributed by atoms with Crippen molar-refractivity contribution in [2.45, 2.75) is 36.0 Å². The monoisotopic (exact) mass is 339 g/mol. The SMILES string of the molecule is O=C(NCCCCCC(O)I)C(F)(F)F. The lowest BCUT2D eigenvalue weighted by Gasteiger charge is -2.07. The lowest BCUT2D eigenvalue weighted by atomic mass is 10.2. The highest BCUT2D eigenvalue weighted by molar-refractivity contribution is 14.1. The van der Waals surface area contributed by atoms with Gasteiger partial charge in [0.2, 0.25) is 0 Å². The standard InChI is InChI=1S/C8H13F3INO2/c9-8(10,11)7(15)13-5-3-1-2-4-6(12)14/h6,14H,1-5H2,(H,13,15).